The molecule has 1 amide bonds. The highest BCUT2D eigenvalue weighted by molar-refractivity contribution is 5.95. The van der Waals surface area contributed by atoms with E-state index in [9.17, 15) is 18.4 Å². The molecule has 1 heterocycles. The normalized spacial score (nSPS) is 11.9. The van der Waals surface area contributed by atoms with Gasteiger partial charge in [0.2, 0.25) is 0 Å². The van der Waals surface area contributed by atoms with E-state index in [0.717, 1.165) is 6.42 Å². The molecule has 0 spiro atoms. The van der Waals surface area contributed by atoms with E-state index in [1.165, 1.54) is 0 Å². The number of amides is 1. The van der Waals surface area contributed by atoms with Crippen molar-refractivity contribution in [3.63, 3.8) is 0 Å². The van der Waals surface area contributed by atoms with Crippen LogP contribution >= 0.6 is 0 Å². The minimum absolute atomic E-state index is 0.236. The summed E-state index contributed by atoms with van der Waals surface area (Å²) in [5.74, 6) is -4.21. The van der Waals surface area contributed by atoms with Gasteiger partial charge in [-0.1, -0.05) is 19.8 Å². The van der Waals surface area contributed by atoms with Gasteiger partial charge in [0.05, 0.1) is 6.20 Å². The smallest absolute Gasteiger partial charge is 0.326 e. The molecule has 19 heavy (non-hydrogen) atoms. The molecule has 1 atom stereocenters. The van der Waals surface area contributed by atoms with Crippen molar-refractivity contribution in [3.05, 3.63) is 29.6 Å². The number of hydrogen-bond acceptors (Lipinski definition) is 3. The van der Waals surface area contributed by atoms with Gasteiger partial charge >= 0.3 is 5.97 Å². The molecule has 0 aliphatic rings. The first-order valence-electron chi connectivity index (χ1n) is 5.80. The van der Waals surface area contributed by atoms with Crippen molar-refractivity contribution in [1.29, 1.82) is 0 Å². The Morgan fingerprint density at radius 3 is 2.68 bits per heavy atom. The Labute approximate surface area is 108 Å². The van der Waals surface area contributed by atoms with Gasteiger partial charge < -0.3 is 10.4 Å². The fourth-order valence-electron chi connectivity index (χ4n) is 1.47. The van der Waals surface area contributed by atoms with Gasteiger partial charge in [-0.05, 0) is 6.42 Å². The highest BCUT2D eigenvalue weighted by atomic mass is 19.1. The number of halogens is 2. The summed E-state index contributed by atoms with van der Waals surface area (Å²) in [4.78, 5) is 25.9. The van der Waals surface area contributed by atoms with Gasteiger partial charge in [0.25, 0.3) is 5.91 Å². The maximum atomic E-state index is 13.3. The van der Waals surface area contributed by atoms with E-state index in [1.54, 1.807) is 0 Å². The number of unbranched alkanes of at least 4 members (excludes halogenated alkanes) is 1. The van der Waals surface area contributed by atoms with Gasteiger partial charge in [0, 0.05) is 6.07 Å². The molecule has 0 saturated heterocycles. The highest BCUT2D eigenvalue weighted by Gasteiger charge is 2.22. The zero-order valence-corrected chi connectivity index (χ0v) is 10.3. The second-order valence-corrected chi connectivity index (χ2v) is 3.99. The third-order valence-electron chi connectivity index (χ3n) is 2.47. The number of nitrogens with one attached hydrogen (secondary N) is 1. The summed E-state index contributed by atoms with van der Waals surface area (Å²) in [5.41, 5.74) is -0.621. The summed E-state index contributed by atoms with van der Waals surface area (Å²) in [6.07, 6.45) is 2.31. The average Bonchev–Trinajstić information content (AvgIpc) is 2.33. The molecule has 1 aromatic rings. The number of carboxylic acid groups (broad SMARTS) is 1. The summed E-state index contributed by atoms with van der Waals surface area (Å²) in [6.45, 7) is 1.88. The number of aromatic nitrogens is 1. The highest BCUT2D eigenvalue weighted by Crippen LogP contribution is 2.07. The lowest BCUT2D eigenvalue weighted by Crippen LogP contribution is -2.41. The van der Waals surface area contributed by atoms with E-state index < -0.39 is 35.2 Å². The largest absolute Gasteiger partial charge is 0.480 e. The molecular weight excluding hydrogens is 258 g/mol. The minimum Gasteiger partial charge on any atom is -0.480 e. The van der Waals surface area contributed by atoms with Crippen molar-refractivity contribution >= 4 is 11.9 Å². The SMILES string of the molecule is CCCC[C@H](NC(=O)c1ncc(F)cc1F)C(=O)O. The fraction of sp³-hybridized carbons (Fsp3) is 0.417. The zero-order chi connectivity index (χ0) is 14.4. The van der Waals surface area contributed by atoms with E-state index in [0.29, 0.717) is 18.7 Å². The number of hydrogen-bond donors (Lipinski definition) is 2. The van der Waals surface area contributed by atoms with Gasteiger partial charge in [-0.25, -0.2) is 18.6 Å². The van der Waals surface area contributed by atoms with Crippen LogP contribution in [0.3, 0.4) is 0 Å². The van der Waals surface area contributed by atoms with E-state index in [-0.39, 0.29) is 6.42 Å². The second-order valence-electron chi connectivity index (χ2n) is 3.99. The number of carbonyl (C=O) groups excluding carboxylic acids is 1. The van der Waals surface area contributed by atoms with Gasteiger partial charge in [-0.2, -0.15) is 0 Å². The zero-order valence-electron chi connectivity index (χ0n) is 10.3. The van der Waals surface area contributed by atoms with Crippen LogP contribution in [0, 0.1) is 11.6 Å². The van der Waals surface area contributed by atoms with E-state index in [2.05, 4.69) is 10.3 Å². The molecule has 7 heteroatoms. The lowest BCUT2D eigenvalue weighted by molar-refractivity contribution is -0.139. The third kappa shape index (κ3) is 4.27. The van der Waals surface area contributed by atoms with Gasteiger partial charge in [-0.3, -0.25) is 4.79 Å². The van der Waals surface area contributed by atoms with Crippen LogP contribution in [0.5, 0.6) is 0 Å². The van der Waals surface area contributed by atoms with Crippen molar-refractivity contribution < 1.29 is 23.5 Å². The van der Waals surface area contributed by atoms with E-state index in [1.807, 2.05) is 6.92 Å². The topological polar surface area (TPSA) is 79.3 Å². The Morgan fingerprint density at radius 1 is 1.47 bits per heavy atom. The molecule has 104 valence electrons. The van der Waals surface area contributed by atoms with Crippen LogP contribution in [0.2, 0.25) is 0 Å². The number of rotatable bonds is 6. The number of pyridine rings is 1. The van der Waals surface area contributed by atoms with Crippen LogP contribution in [0.15, 0.2) is 12.3 Å². The Kier molecular flexibility index (Phi) is 5.35. The molecule has 2 N–H and O–H groups in total. The van der Waals surface area contributed by atoms with Gasteiger partial charge in [0.1, 0.15) is 11.9 Å². The summed E-state index contributed by atoms with van der Waals surface area (Å²) >= 11 is 0. The van der Waals surface area contributed by atoms with Crippen LogP contribution in [0.25, 0.3) is 0 Å². The molecule has 0 saturated carbocycles. The van der Waals surface area contributed by atoms with Crippen LogP contribution in [-0.4, -0.2) is 28.0 Å². The molecule has 0 aromatic carbocycles. The van der Waals surface area contributed by atoms with Crippen LogP contribution in [-0.2, 0) is 4.79 Å². The van der Waals surface area contributed by atoms with Crippen molar-refractivity contribution in [1.82, 2.24) is 10.3 Å². The minimum atomic E-state index is -1.20. The molecule has 0 fully saturated rings. The third-order valence-corrected chi connectivity index (χ3v) is 2.47. The molecule has 5 nitrogen and oxygen atoms in total. The van der Waals surface area contributed by atoms with Crippen molar-refractivity contribution in [2.75, 3.05) is 0 Å². The summed E-state index contributed by atoms with van der Waals surface area (Å²) in [5, 5.41) is 11.1. The Balaban J connectivity index is 2.78. The second kappa shape index (κ2) is 6.77. The first-order valence-corrected chi connectivity index (χ1v) is 5.80. The Hall–Kier alpha value is -2.05. The van der Waals surface area contributed by atoms with Crippen molar-refractivity contribution in [3.8, 4) is 0 Å². The quantitative estimate of drug-likeness (QED) is 0.826. The Bertz CT molecular complexity index is 480. The standard InChI is InChI=1S/C12H14F2N2O3/c1-2-3-4-9(12(18)19)16-11(17)10-8(14)5-7(13)6-15-10/h5-6,9H,2-4H2,1H3,(H,16,17)(H,18,19)/t9-/m0/s1. The molecule has 0 aliphatic carbocycles. The molecule has 1 rings (SSSR count). The number of carbonyl (C=O) groups is 2. The molecule has 0 bridgehead atoms. The predicted octanol–water partition coefficient (Wildman–Crippen LogP) is 1.73. The van der Waals surface area contributed by atoms with Crippen LogP contribution in [0.1, 0.15) is 36.7 Å². The van der Waals surface area contributed by atoms with Crippen LogP contribution < -0.4 is 5.32 Å². The first kappa shape index (κ1) is 15.0. The van der Waals surface area contributed by atoms with Crippen molar-refractivity contribution in [2.45, 2.75) is 32.2 Å². The lowest BCUT2D eigenvalue weighted by atomic mass is 10.1. The summed E-state index contributed by atoms with van der Waals surface area (Å²) < 4.78 is 25.9. The van der Waals surface area contributed by atoms with Crippen LogP contribution in [0.4, 0.5) is 8.78 Å². The molecule has 0 radical (unpaired) electrons. The molecule has 0 aliphatic heterocycles. The molecule has 0 unspecified atom stereocenters. The number of aliphatic carboxylic acids is 1. The van der Waals surface area contributed by atoms with Gasteiger partial charge in [-0.15, -0.1) is 0 Å². The predicted molar refractivity (Wildman–Crippen MR) is 62.6 cm³/mol. The summed E-state index contributed by atoms with van der Waals surface area (Å²) in [6, 6.07) is -0.595. The van der Waals surface area contributed by atoms with E-state index >= 15 is 0 Å². The van der Waals surface area contributed by atoms with E-state index in [4.69, 9.17) is 5.11 Å². The van der Waals surface area contributed by atoms with Crippen molar-refractivity contribution in [2.24, 2.45) is 0 Å². The first-order chi connectivity index (χ1) is 8.95. The monoisotopic (exact) mass is 272 g/mol. The molecular formula is C12H14F2N2O3. The number of nitrogens with zero attached hydrogens (tertiary/aromatic N) is 1. The lowest BCUT2D eigenvalue weighted by Gasteiger charge is -2.13. The fourth-order valence-corrected chi connectivity index (χ4v) is 1.47. The Morgan fingerprint density at radius 2 is 2.16 bits per heavy atom. The van der Waals surface area contributed by atoms with Gasteiger partial charge in [0.15, 0.2) is 11.5 Å². The average molecular weight is 272 g/mol. The molecule has 1 aromatic heterocycles. The maximum Gasteiger partial charge on any atom is 0.326 e. The maximum absolute atomic E-state index is 13.3. The number of carboxylic acids is 1. The summed E-state index contributed by atoms with van der Waals surface area (Å²) in [7, 11) is 0.